The molecule has 218 valence electrons. The number of rotatable bonds is 9. The summed E-state index contributed by atoms with van der Waals surface area (Å²) < 4.78 is 18.3. The van der Waals surface area contributed by atoms with Crippen LogP contribution in [0.4, 0.5) is 11.8 Å². The van der Waals surface area contributed by atoms with Gasteiger partial charge in [-0.15, -0.1) is 0 Å². The maximum absolute atomic E-state index is 13.2. The highest BCUT2D eigenvalue weighted by molar-refractivity contribution is 5.94. The molecule has 0 spiro atoms. The van der Waals surface area contributed by atoms with Crippen molar-refractivity contribution in [2.75, 3.05) is 52.9 Å². The van der Waals surface area contributed by atoms with Crippen molar-refractivity contribution in [3.05, 3.63) is 80.8 Å². The molecule has 4 N–H and O–H groups in total. The van der Waals surface area contributed by atoms with Gasteiger partial charge in [0.25, 0.3) is 0 Å². The van der Waals surface area contributed by atoms with Gasteiger partial charge in [-0.25, -0.2) is 9.78 Å². The number of nitrogens with zero attached hydrogens (tertiary/aromatic N) is 4. The molecule has 2 aromatic heterocycles. The Bertz CT molecular complexity index is 1750. The minimum atomic E-state index is -0.636. The molecule has 42 heavy (non-hydrogen) atoms. The van der Waals surface area contributed by atoms with Gasteiger partial charge in [0, 0.05) is 48.4 Å². The lowest BCUT2D eigenvalue weighted by Crippen LogP contribution is -2.24. The number of anilines is 2. The fraction of sp³-hybridized carbons (Fsp3) is 0.290. The number of methoxy groups -OCH3 is 2. The number of benzene rings is 2. The standard InChI is InChI=1S/C31H34N6O5/c1-6-37-18-24(30(39)42-12-11-36(2)3)27(38)23-10-8-19(15-25(23)37)7-9-21-13-20(16-26(40-4)28(21)41-5)14-22-17-34-31(33)35-29(22)32/h8,10,13,15-18H,6,11-12,14H2,1-5H3,(H4,32,33,34,35). The zero-order valence-electron chi connectivity index (χ0n) is 24.4. The van der Waals surface area contributed by atoms with Crippen molar-refractivity contribution in [2.24, 2.45) is 0 Å². The molecule has 0 radical (unpaired) electrons. The smallest absolute Gasteiger partial charge is 0.343 e. The molecule has 0 aliphatic rings. The number of aryl methyl sites for hydroxylation is 1. The van der Waals surface area contributed by atoms with Crippen LogP contribution < -0.4 is 26.4 Å². The number of hydrogen-bond donors (Lipinski definition) is 2. The van der Waals surface area contributed by atoms with Crippen molar-refractivity contribution in [3.8, 4) is 23.3 Å². The Hall–Kier alpha value is -5.08. The summed E-state index contributed by atoms with van der Waals surface area (Å²) in [5.74, 6) is 7.12. The first kappa shape index (κ1) is 29.9. The molecule has 0 atom stereocenters. The molecule has 0 saturated carbocycles. The monoisotopic (exact) mass is 570 g/mol. The summed E-state index contributed by atoms with van der Waals surface area (Å²) in [6.07, 6.45) is 3.57. The molecular formula is C31H34N6O5. The highest BCUT2D eigenvalue weighted by atomic mass is 16.5. The van der Waals surface area contributed by atoms with Crippen LogP contribution >= 0.6 is 0 Å². The SMILES string of the molecule is CCn1cc(C(=O)OCCN(C)C)c(=O)c2ccc(C#Cc3cc(Cc4cnc(N)nc4N)cc(OC)c3OC)cc21. The van der Waals surface area contributed by atoms with Crippen molar-refractivity contribution in [3.63, 3.8) is 0 Å². The summed E-state index contributed by atoms with van der Waals surface area (Å²) in [4.78, 5) is 35.8. The summed E-state index contributed by atoms with van der Waals surface area (Å²) in [7, 11) is 6.86. The molecule has 0 unspecified atom stereocenters. The summed E-state index contributed by atoms with van der Waals surface area (Å²) in [5.41, 5.74) is 14.8. The van der Waals surface area contributed by atoms with E-state index in [2.05, 4.69) is 21.8 Å². The number of fused-ring (bicyclic) bond motifs is 1. The first-order valence-electron chi connectivity index (χ1n) is 13.3. The van der Waals surface area contributed by atoms with Crippen LogP contribution in [-0.4, -0.2) is 66.9 Å². The number of nitrogen functional groups attached to an aromatic ring is 2. The highest BCUT2D eigenvalue weighted by Crippen LogP contribution is 2.33. The van der Waals surface area contributed by atoms with Crippen LogP contribution in [0.15, 0.2) is 47.5 Å². The molecule has 0 fully saturated rings. The third-order valence-electron chi connectivity index (χ3n) is 6.61. The quantitative estimate of drug-likeness (QED) is 0.227. The van der Waals surface area contributed by atoms with Crippen molar-refractivity contribution < 1.29 is 19.0 Å². The van der Waals surface area contributed by atoms with Crippen LogP contribution in [0.2, 0.25) is 0 Å². The second kappa shape index (κ2) is 13.1. The van der Waals surface area contributed by atoms with E-state index in [4.69, 9.17) is 25.7 Å². The lowest BCUT2D eigenvalue weighted by molar-refractivity contribution is 0.0479. The zero-order chi connectivity index (χ0) is 30.4. The molecule has 4 rings (SSSR count). The van der Waals surface area contributed by atoms with Crippen LogP contribution in [0.5, 0.6) is 11.5 Å². The summed E-state index contributed by atoms with van der Waals surface area (Å²) in [6.45, 7) is 3.23. The average molecular weight is 571 g/mol. The van der Waals surface area contributed by atoms with Crippen LogP contribution in [0.3, 0.4) is 0 Å². The van der Waals surface area contributed by atoms with Gasteiger partial charge in [-0.1, -0.05) is 11.8 Å². The fourth-order valence-electron chi connectivity index (χ4n) is 4.42. The average Bonchev–Trinajstić information content (AvgIpc) is 2.97. The van der Waals surface area contributed by atoms with E-state index in [1.165, 1.54) is 0 Å². The van der Waals surface area contributed by atoms with E-state index in [-0.39, 0.29) is 23.5 Å². The van der Waals surface area contributed by atoms with Gasteiger partial charge >= 0.3 is 5.97 Å². The largest absolute Gasteiger partial charge is 0.493 e. The molecule has 2 heterocycles. The lowest BCUT2D eigenvalue weighted by Gasteiger charge is -2.13. The number of likely N-dealkylation sites (N-methyl/N-ethyl adjacent to an activating group) is 1. The number of esters is 1. The maximum Gasteiger partial charge on any atom is 0.343 e. The van der Waals surface area contributed by atoms with E-state index in [1.807, 2.05) is 48.7 Å². The normalized spacial score (nSPS) is 10.8. The Morgan fingerprint density at radius 2 is 1.88 bits per heavy atom. The predicted octanol–water partition coefficient (Wildman–Crippen LogP) is 2.70. The minimum absolute atomic E-state index is 0.00252. The maximum atomic E-state index is 13.2. The van der Waals surface area contributed by atoms with Crippen LogP contribution in [-0.2, 0) is 17.7 Å². The van der Waals surface area contributed by atoms with Crippen molar-refractivity contribution in [1.29, 1.82) is 0 Å². The Balaban J connectivity index is 1.71. The Morgan fingerprint density at radius 1 is 1.10 bits per heavy atom. The van der Waals surface area contributed by atoms with E-state index >= 15 is 0 Å². The first-order chi connectivity index (χ1) is 20.1. The number of carbonyl (C=O) groups excluding carboxylic acids is 1. The summed E-state index contributed by atoms with van der Waals surface area (Å²) in [5, 5.41) is 0.411. The van der Waals surface area contributed by atoms with Crippen LogP contribution in [0.1, 0.15) is 39.5 Å². The third-order valence-corrected chi connectivity index (χ3v) is 6.61. The Kier molecular flexibility index (Phi) is 9.29. The molecule has 0 saturated heterocycles. The second-order valence-electron chi connectivity index (χ2n) is 9.77. The number of hydrogen-bond acceptors (Lipinski definition) is 10. The molecule has 11 nitrogen and oxygen atoms in total. The Morgan fingerprint density at radius 3 is 2.55 bits per heavy atom. The number of nitrogens with two attached hydrogens (primary N) is 2. The van der Waals surface area contributed by atoms with Gasteiger partial charge in [-0.05, 0) is 56.9 Å². The number of carbonyl (C=O) groups is 1. The minimum Gasteiger partial charge on any atom is -0.493 e. The van der Waals surface area contributed by atoms with E-state index < -0.39 is 5.97 Å². The van der Waals surface area contributed by atoms with Gasteiger partial charge in [0.2, 0.25) is 11.4 Å². The van der Waals surface area contributed by atoms with Gasteiger partial charge in [0.1, 0.15) is 18.0 Å². The summed E-state index contributed by atoms with van der Waals surface area (Å²) in [6, 6.07) is 9.00. The molecule has 2 aromatic carbocycles. The first-order valence-corrected chi connectivity index (χ1v) is 13.3. The van der Waals surface area contributed by atoms with Crippen molar-refractivity contribution in [2.45, 2.75) is 19.9 Å². The molecule has 0 amide bonds. The van der Waals surface area contributed by atoms with Crippen LogP contribution in [0.25, 0.3) is 10.9 Å². The van der Waals surface area contributed by atoms with Gasteiger partial charge in [-0.2, -0.15) is 4.98 Å². The molecule has 4 aromatic rings. The summed E-state index contributed by atoms with van der Waals surface area (Å²) >= 11 is 0. The van der Waals surface area contributed by atoms with E-state index in [0.717, 1.165) is 5.56 Å². The highest BCUT2D eigenvalue weighted by Gasteiger charge is 2.17. The van der Waals surface area contributed by atoms with Crippen molar-refractivity contribution in [1.82, 2.24) is 19.4 Å². The van der Waals surface area contributed by atoms with Gasteiger partial charge < -0.3 is 35.1 Å². The fourth-order valence-corrected chi connectivity index (χ4v) is 4.42. The second-order valence-corrected chi connectivity index (χ2v) is 9.77. The van der Waals surface area contributed by atoms with E-state index in [0.29, 0.717) is 64.4 Å². The van der Waals surface area contributed by atoms with Gasteiger partial charge in [-0.3, -0.25) is 4.79 Å². The van der Waals surface area contributed by atoms with Gasteiger partial charge in [0.15, 0.2) is 11.5 Å². The Labute approximate surface area is 244 Å². The van der Waals surface area contributed by atoms with Crippen LogP contribution in [0, 0.1) is 11.8 Å². The molecule has 11 heteroatoms. The molecule has 0 bridgehead atoms. The van der Waals surface area contributed by atoms with E-state index in [1.54, 1.807) is 38.7 Å². The molecule has 0 aliphatic heterocycles. The number of pyridine rings is 1. The predicted molar refractivity (Wildman–Crippen MR) is 162 cm³/mol. The van der Waals surface area contributed by atoms with Gasteiger partial charge in [0.05, 0.1) is 25.3 Å². The number of ether oxygens (including phenoxy) is 3. The third kappa shape index (κ3) is 6.62. The lowest BCUT2D eigenvalue weighted by atomic mass is 10.0. The molecule has 0 aliphatic carbocycles. The number of aromatic nitrogens is 3. The topological polar surface area (TPSA) is 148 Å². The molecular weight excluding hydrogens is 536 g/mol. The van der Waals surface area contributed by atoms with Crippen molar-refractivity contribution >= 4 is 28.6 Å². The zero-order valence-corrected chi connectivity index (χ0v) is 24.4. The van der Waals surface area contributed by atoms with E-state index in [9.17, 15) is 9.59 Å².